The summed E-state index contributed by atoms with van der Waals surface area (Å²) in [6, 6.07) is 5.60. The Bertz CT molecular complexity index is 432. The average molecular weight is 279 g/mol. The number of ether oxygens (including phenoxy) is 1. The van der Waals surface area contributed by atoms with Gasteiger partial charge < -0.3 is 9.84 Å². The highest BCUT2D eigenvalue weighted by Crippen LogP contribution is 2.20. The first-order chi connectivity index (χ1) is 9.62. The van der Waals surface area contributed by atoms with E-state index >= 15 is 0 Å². The molecule has 0 spiro atoms. The molecule has 4 nitrogen and oxygen atoms in total. The van der Waals surface area contributed by atoms with Crippen molar-refractivity contribution in [3.05, 3.63) is 29.3 Å². The molecule has 0 aromatic heterocycles. The van der Waals surface area contributed by atoms with Crippen molar-refractivity contribution in [1.29, 1.82) is 0 Å². The Morgan fingerprint density at radius 3 is 2.70 bits per heavy atom. The Morgan fingerprint density at radius 2 is 2.10 bits per heavy atom. The van der Waals surface area contributed by atoms with Gasteiger partial charge in [-0.2, -0.15) is 0 Å². The number of aryl methyl sites for hydroxylation is 1. The van der Waals surface area contributed by atoms with Crippen LogP contribution in [0.15, 0.2) is 18.2 Å². The zero-order chi connectivity index (χ0) is 15.0. The average Bonchev–Trinajstić information content (AvgIpc) is 2.44. The summed E-state index contributed by atoms with van der Waals surface area (Å²) >= 11 is 0. The number of methoxy groups -OCH3 is 1. The third-order valence-electron chi connectivity index (χ3n) is 3.27. The van der Waals surface area contributed by atoms with Crippen LogP contribution in [0.5, 0.6) is 5.75 Å². The Balaban J connectivity index is 2.77. The summed E-state index contributed by atoms with van der Waals surface area (Å²) in [6.07, 6.45) is 2.10. The molecule has 0 atom stereocenters. The molecular weight excluding hydrogens is 254 g/mol. The fourth-order valence-electron chi connectivity index (χ4n) is 2.11. The van der Waals surface area contributed by atoms with E-state index in [2.05, 4.69) is 6.92 Å². The number of nitrogens with zero attached hydrogens (tertiary/aromatic N) is 1. The second-order valence-corrected chi connectivity index (χ2v) is 4.98. The van der Waals surface area contributed by atoms with Crippen molar-refractivity contribution >= 4 is 5.78 Å². The van der Waals surface area contributed by atoms with Crippen LogP contribution in [0.2, 0.25) is 0 Å². The second kappa shape index (κ2) is 8.72. The van der Waals surface area contributed by atoms with Crippen molar-refractivity contribution in [2.24, 2.45) is 0 Å². The van der Waals surface area contributed by atoms with Crippen LogP contribution >= 0.6 is 0 Å². The van der Waals surface area contributed by atoms with Gasteiger partial charge in [0.1, 0.15) is 5.75 Å². The number of hydrogen-bond donors (Lipinski definition) is 1. The van der Waals surface area contributed by atoms with Crippen LogP contribution in [-0.2, 0) is 0 Å². The molecule has 0 radical (unpaired) electrons. The van der Waals surface area contributed by atoms with Crippen LogP contribution in [-0.4, -0.2) is 49.1 Å². The van der Waals surface area contributed by atoms with Gasteiger partial charge in [-0.1, -0.05) is 19.4 Å². The van der Waals surface area contributed by atoms with E-state index in [0.29, 0.717) is 24.4 Å². The van der Waals surface area contributed by atoms with Gasteiger partial charge in [0, 0.05) is 6.54 Å². The van der Waals surface area contributed by atoms with Gasteiger partial charge in [-0.15, -0.1) is 0 Å². The Kier molecular flexibility index (Phi) is 7.26. The van der Waals surface area contributed by atoms with Crippen molar-refractivity contribution in [2.75, 3.05) is 33.4 Å². The molecule has 0 aliphatic carbocycles. The summed E-state index contributed by atoms with van der Waals surface area (Å²) < 4.78 is 5.28. The van der Waals surface area contributed by atoms with Gasteiger partial charge in [-0.25, -0.2) is 0 Å². The predicted molar refractivity (Wildman–Crippen MR) is 80.5 cm³/mol. The zero-order valence-corrected chi connectivity index (χ0v) is 12.7. The van der Waals surface area contributed by atoms with E-state index in [1.165, 1.54) is 0 Å². The van der Waals surface area contributed by atoms with E-state index in [9.17, 15) is 4.79 Å². The molecule has 0 saturated heterocycles. The smallest absolute Gasteiger partial charge is 0.180 e. The molecule has 4 heteroatoms. The van der Waals surface area contributed by atoms with Gasteiger partial charge in [0.25, 0.3) is 0 Å². The van der Waals surface area contributed by atoms with E-state index in [1.807, 2.05) is 30.0 Å². The lowest BCUT2D eigenvalue weighted by Crippen LogP contribution is -2.33. The normalized spacial score (nSPS) is 10.8. The first-order valence-corrected chi connectivity index (χ1v) is 7.13. The molecule has 1 rings (SSSR count). The van der Waals surface area contributed by atoms with Crippen molar-refractivity contribution in [3.8, 4) is 5.75 Å². The monoisotopic (exact) mass is 279 g/mol. The molecule has 0 aliphatic heterocycles. The number of benzene rings is 1. The highest BCUT2D eigenvalue weighted by Gasteiger charge is 2.16. The molecule has 0 saturated carbocycles. The van der Waals surface area contributed by atoms with Crippen LogP contribution in [0, 0.1) is 6.92 Å². The highest BCUT2D eigenvalue weighted by atomic mass is 16.5. The molecule has 0 heterocycles. The molecular formula is C16H25NO3. The molecule has 0 unspecified atom stereocenters. The molecule has 112 valence electrons. The number of carbonyl (C=O) groups is 1. The molecule has 1 aromatic rings. The standard InChI is InChI=1S/C16H25NO3/c1-4-5-8-17(9-10-18)12-15(19)14-7-6-13(2)11-16(14)20-3/h6-7,11,18H,4-5,8-10,12H2,1-3H3. The van der Waals surface area contributed by atoms with Gasteiger partial charge in [-0.05, 0) is 37.6 Å². The lowest BCUT2D eigenvalue weighted by Gasteiger charge is -2.20. The SMILES string of the molecule is CCCCN(CCO)CC(=O)c1ccc(C)cc1OC. The zero-order valence-electron chi connectivity index (χ0n) is 12.7. The van der Waals surface area contributed by atoms with E-state index in [-0.39, 0.29) is 12.4 Å². The van der Waals surface area contributed by atoms with E-state index in [0.717, 1.165) is 24.9 Å². The first kappa shape index (κ1) is 16.7. The fourth-order valence-corrected chi connectivity index (χ4v) is 2.11. The van der Waals surface area contributed by atoms with Gasteiger partial charge in [0.15, 0.2) is 5.78 Å². The number of aliphatic hydroxyl groups is 1. The summed E-state index contributed by atoms with van der Waals surface area (Å²) in [5.74, 6) is 0.654. The second-order valence-electron chi connectivity index (χ2n) is 4.98. The maximum absolute atomic E-state index is 12.4. The molecule has 0 bridgehead atoms. The van der Waals surface area contributed by atoms with Crippen LogP contribution < -0.4 is 4.74 Å². The number of aliphatic hydroxyl groups excluding tert-OH is 1. The number of Topliss-reactive ketones (excluding diaryl/α,β-unsaturated/α-hetero) is 1. The quantitative estimate of drug-likeness (QED) is 0.705. The molecule has 1 N–H and O–H groups in total. The highest BCUT2D eigenvalue weighted by molar-refractivity contribution is 6.00. The minimum Gasteiger partial charge on any atom is -0.496 e. The third-order valence-corrected chi connectivity index (χ3v) is 3.27. The largest absolute Gasteiger partial charge is 0.496 e. The Hall–Kier alpha value is -1.39. The van der Waals surface area contributed by atoms with Crippen molar-refractivity contribution in [2.45, 2.75) is 26.7 Å². The molecule has 20 heavy (non-hydrogen) atoms. The van der Waals surface area contributed by atoms with Crippen LogP contribution in [0.25, 0.3) is 0 Å². The minimum absolute atomic E-state index is 0.0337. The summed E-state index contributed by atoms with van der Waals surface area (Å²) in [5, 5.41) is 9.08. The summed E-state index contributed by atoms with van der Waals surface area (Å²) in [4.78, 5) is 14.4. The number of rotatable bonds is 9. The van der Waals surface area contributed by atoms with Gasteiger partial charge in [-0.3, -0.25) is 9.69 Å². The lowest BCUT2D eigenvalue weighted by atomic mass is 10.1. The van der Waals surface area contributed by atoms with Crippen molar-refractivity contribution in [1.82, 2.24) is 4.90 Å². The van der Waals surface area contributed by atoms with E-state index in [1.54, 1.807) is 7.11 Å². The predicted octanol–water partition coefficient (Wildman–Crippen LogP) is 2.28. The lowest BCUT2D eigenvalue weighted by molar-refractivity contribution is 0.0910. The summed E-state index contributed by atoms with van der Waals surface area (Å²) in [6.45, 7) is 5.83. The maximum Gasteiger partial charge on any atom is 0.180 e. The van der Waals surface area contributed by atoms with Gasteiger partial charge in [0.05, 0.1) is 25.8 Å². The topological polar surface area (TPSA) is 49.8 Å². The molecule has 0 fully saturated rings. The minimum atomic E-state index is 0.0337. The Labute approximate surface area is 121 Å². The molecule has 0 amide bonds. The number of ketones is 1. The first-order valence-electron chi connectivity index (χ1n) is 7.13. The maximum atomic E-state index is 12.4. The van der Waals surface area contributed by atoms with Crippen LogP contribution in [0.1, 0.15) is 35.7 Å². The summed E-state index contributed by atoms with van der Waals surface area (Å²) in [5.41, 5.74) is 1.68. The van der Waals surface area contributed by atoms with Gasteiger partial charge >= 0.3 is 0 Å². The number of carbonyl (C=O) groups excluding carboxylic acids is 1. The third kappa shape index (κ3) is 4.94. The molecule has 0 aliphatic rings. The van der Waals surface area contributed by atoms with Crippen molar-refractivity contribution < 1.29 is 14.6 Å². The Morgan fingerprint density at radius 1 is 1.35 bits per heavy atom. The number of unbranched alkanes of at least 4 members (excludes halogenated alkanes) is 1. The van der Waals surface area contributed by atoms with E-state index in [4.69, 9.17) is 9.84 Å². The fraction of sp³-hybridized carbons (Fsp3) is 0.562. The van der Waals surface area contributed by atoms with Crippen LogP contribution in [0.4, 0.5) is 0 Å². The van der Waals surface area contributed by atoms with Crippen molar-refractivity contribution in [3.63, 3.8) is 0 Å². The van der Waals surface area contributed by atoms with Crippen LogP contribution in [0.3, 0.4) is 0 Å². The number of hydrogen-bond acceptors (Lipinski definition) is 4. The van der Waals surface area contributed by atoms with E-state index < -0.39 is 0 Å². The molecule has 1 aromatic carbocycles. The van der Waals surface area contributed by atoms with Gasteiger partial charge in [0.2, 0.25) is 0 Å². The summed E-state index contributed by atoms with van der Waals surface area (Å²) in [7, 11) is 1.58.